The molecule has 2 amide bonds. The van der Waals surface area contributed by atoms with Crippen molar-refractivity contribution in [1.82, 2.24) is 14.7 Å². The summed E-state index contributed by atoms with van der Waals surface area (Å²) in [4.78, 5) is 25.3. The van der Waals surface area contributed by atoms with Crippen molar-refractivity contribution in [2.75, 3.05) is 11.9 Å². The zero-order chi connectivity index (χ0) is 18.7. The van der Waals surface area contributed by atoms with Crippen molar-refractivity contribution < 1.29 is 14.7 Å². The van der Waals surface area contributed by atoms with Crippen LogP contribution < -0.4 is 5.32 Å². The number of carbonyl (C=O) groups excluding carboxylic acids is 1. The minimum Gasteiger partial charge on any atom is -0.481 e. The molecule has 1 aromatic carbocycles. The average Bonchev–Trinajstić information content (AvgIpc) is 2.86. The van der Waals surface area contributed by atoms with E-state index in [1.165, 1.54) is 0 Å². The predicted molar refractivity (Wildman–Crippen MR) is 98.1 cm³/mol. The number of anilines is 1. The summed E-state index contributed by atoms with van der Waals surface area (Å²) in [5.41, 5.74) is 4.64. The van der Waals surface area contributed by atoms with Crippen LogP contribution in [0, 0.1) is 13.8 Å². The summed E-state index contributed by atoms with van der Waals surface area (Å²) in [6.07, 6.45) is 1.28. The van der Waals surface area contributed by atoms with Gasteiger partial charge in [-0.25, -0.2) is 4.79 Å². The maximum atomic E-state index is 12.8. The van der Waals surface area contributed by atoms with Crippen LogP contribution in [0.1, 0.15) is 35.4 Å². The molecule has 1 aromatic heterocycles. The predicted octanol–water partition coefficient (Wildman–Crippen LogP) is 2.95. The fraction of sp³-hybridized carbons (Fsp3) is 0.421. The highest BCUT2D eigenvalue weighted by Gasteiger charge is 2.21. The molecule has 7 heteroatoms. The summed E-state index contributed by atoms with van der Waals surface area (Å²) in [5, 5.41) is 16.3. The van der Waals surface area contributed by atoms with E-state index in [1.54, 1.807) is 4.90 Å². The van der Waals surface area contributed by atoms with Crippen LogP contribution in [-0.4, -0.2) is 38.3 Å². The number of carboxylic acid groups (broad SMARTS) is 1. The lowest BCUT2D eigenvalue weighted by atomic mass is 10.1. The molecule has 0 fully saturated rings. The number of nitrogens with zero attached hydrogens (tertiary/aromatic N) is 3. The molecule has 0 saturated carbocycles. The Morgan fingerprint density at radius 3 is 2.65 bits per heavy atom. The molecule has 0 aliphatic carbocycles. The number of hydrogen-bond acceptors (Lipinski definition) is 3. The second-order valence-corrected chi connectivity index (χ2v) is 6.72. The number of fused-ring (bicyclic) bond motifs is 1. The number of carboxylic acids is 1. The number of aliphatic carboxylic acids is 1. The number of aromatic nitrogens is 2. The van der Waals surface area contributed by atoms with Crippen molar-refractivity contribution >= 4 is 17.7 Å². The maximum absolute atomic E-state index is 12.8. The summed E-state index contributed by atoms with van der Waals surface area (Å²) < 4.78 is 1.89. The highest BCUT2D eigenvalue weighted by atomic mass is 16.4. The van der Waals surface area contributed by atoms with Gasteiger partial charge < -0.3 is 15.3 Å². The van der Waals surface area contributed by atoms with Crippen LogP contribution in [0.3, 0.4) is 0 Å². The smallest absolute Gasteiger partial charge is 0.322 e. The standard InChI is InChI=1S/C19H24N4O3/c1-13-5-3-6-14(2)18(13)20-19(26)22-9-4-10-23-16(12-22)11-15(21-23)7-8-17(24)25/h3,5-6,11H,4,7-10,12H2,1-2H3,(H,20,26)(H,24,25). The zero-order valence-corrected chi connectivity index (χ0v) is 15.2. The molecular weight excluding hydrogens is 332 g/mol. The van der Waals surface area contributed by atoms with E-state index in [1.807, 2.05) is 42.8 Å². The summed E-state index contributed by atoms with van der Waals surface area (Å²) in [6.45, 7) is 5.82. The van der Waals surface area contributed by atoms with E-state index in [-0.39, 0.29) is 12.5 Å². The normalized spacial score (nSPS) is 13.8. The third kappa shape index (κ3) is 4.04. The SMILES string of the molecule is Cc1cccc(C)c1NC(=O)N1CCCn2nc(CCC(=O)O)cc2C1. The molecule has 2 heterocycles. The number of rotatable bonds is 4. The number of nitrogens with one attached hydrogen (secondary N) is 1. The number of urea groups is 1. The van der Waals surface area contributed by atoms with E-state index >= 15 is 0 Å². The second kappa shape index (κ2) is 7.59. The van der Waals surface area contributed by atoms with E-state index < -0.39 is 5.97 Å². The van der Waals surface area contributed by atoms with Gasteiger partial charge in [-0.3, -0.25) is 9.48 Å². The fourth-order valence-electron chi connectivity index (χ4n) is 3.25. The van der Waals surface area contributed by atoms with Crippen LogP contribution in [-0.2, 0) is 24.3 Å². The Labute approximate surface area is 152 Å². The van der Waals surface area contributed by atoms with Crippen molar-refractivity contribution in [3.05, 3.63) is 46.8 Å². The van der Waals surface area contributed by atoms with Gasteiger partial charge in [0, 0.05) is 25.2 Å². The van der Waals surface area contributed by atoms with Crippen molar-refractivity contribution in [2.24, 2.45) is 0 Å². The van der Waals surface area contributed by atoms with E-state index in [0.717, 1.165) is 41.2 Å². The molecule has 138 valence electrons. The van der Waals surface area contributed by atoms with Crippen molar-refractivity contribution in [1.29, 1.82) is 0 Å². The third-order valence-electron chi connectivity index (χ3n) is 4.66. The molecule has 26 heavy (non-hydrogen) atoms. The first-order chi connectivity index (χ1) is 12.4. The monoisotopic (exact) mass is 356 g/mol. The molecule has 7 nitrogen and oxygen atoms in total. The first-order valence-corrected chi connectivity index (χ1v) is 8.83. The van der Waals surface area contributed by atoms with Gasteiger partial charge in [0.2, 0.25) is 0 Å². The lowest BCUT2D eigenvalue weighted by Crippen LogP contribution is -2.35. The first-order valence-electron chi connectivity index (χ1n) is 8.83. The summed E-state index contributed by atoms with van der Waals surface area (Å²) in [7, 11) is 0. The van der Waals surface area contributed by atoms with Crippen LogP contribution in [0.5, 0.6) is 0 Å². The quantitative estimate of drug-likeness (QED) is 0.882. The van der Waals surface area contributed by atoms with Gasteiger partial charge in [-0.2, -0.15) is 5.10 Å². The Bertz CT molecular complexity index is 808. The molecule has 0 atom stereocenters. The molecule has 2 aromatic rings. The minimum atomic E-state index is -0.831. The molecule has 1 aliphatic rings. The van der Waals surface area contributed by atoms with Crippen molar-refractivity contribution in [3.8, 4) is 0 Å². The van der Waals surface area contributed by atoms with Gasteiger partial charge in [0.05, 0.1) is 24.4 Å². The largest absolute Gasteiger partial charge is 0.481 e. The van der Waals surface area contributed by atoms with E-state index in [0.29, 0.717) is 19.5 Å². The first kappa shape index (κ1) is 18.0. The highest BCUT2D eigenvalue weighted by Crippen LogP contribution is 2.21. The topological polar surface area (TPSA) is 87.5 Å². The molecule has 0 saturated heterocycles. The van der Waals surface area contributed by atoms with Gasteiger partial charge in [-0.15, -0.1) is 0 Å². The van der Waals surface area contributed by atoms with Crippen LogP contribution in [0.25, 0.3) is 0 Å². The van der Waals surface area contributed by atoms with Crippen LogP contribution >= 0.6 is 0 Å². The van der Waals surface area contributed by atoms with E-state index in [2.05, 4.69) is 10.4 Å². The third-order valence-corrected chi connectivity index (χ3v) is 4.66. The Balaban J connectivity index is 1.72. The molecule has 2 N–H and O–H groups in total. The van der Waals surface area contributed by atoms with Crippen LogP contribution in [0.4, 0.5) is 10.5 Å². The second-order valence-electron chi connectivity index (χ2n) is 6.72. The molecule has 3 rings (SSSR count). The summed E-state index contributed by atoms with van der Waals surface area (Å²) in [5.74, 6) is -0.831. The number of benzene rings is 1. The van der Waals surface area contributed by atoms with Gasteiger partial charge in [0.25, 0.3) is 0 Å². The van der Waals surface area contributed by atoms with Crippen molar-refractivity contribution in [3.63, 3.8) is 0 Å². The molecule has 0 unspecified atom stereocenters. The molecular formula is C19H24N4O3. The van der Waals surface area contributed by atoms with E-state index in [9.17, 15) is 9.59 Å². The Kier molecular flexibility index (Phi) is 5.25. The Morgan fingerprint density at radius 2 is 1.96 bits per heavy atom. The Morgan fingerprint density at radius 1 is 1.23 bits per heavy atom. The molecule has 0 radical (unpaired) electrons. The fourth-order valence-corrected chi connectivity index (χ4v) is 3.25. The summed E-state index contributed by atoms with van der Waals surface area (Å²) >= 11 is 0. The maximum Gasteiger partial charge on any atom is 0.322 e. The number of carbonyl (C=O) groups is 2. The number of para-hydroxylation sites is 1. The minimum absolute atomic E-state index is 0.0627. The van der Waals surface area contributed by atoms with Gasteiger partial charge >= 0.3 is 12.0 Å². The van der Waals surface area contributed by atoms with Gasteiger partial charge in [-0.05, 0) is 37.5 Å². The van der Waals surface area contributed by atoms with E-state index in [4.69, 9.17) is 5.11 Å². The van der Waals surface area contributed by atoms with Gasteiger partial charge in [0.15, 0.2) is 0 Å². The number of aryl methyl sites for hydroxylation is 4. The highest BCUT2D eigenvalue weighted by molar-refractivity contribution is 5.91. The van der Waals surface area contributed by atoms with Gasteiger partial charge in [-0.1, -0.05) is 18.2 Å². The Hall–Kier alpha value is -2.83. The van der Waals surface area contributed by atoms with Gasteiger partial charge in [0.1, 0.15) is 0 Å². The van der Waals surface area contributed by atoms with Crippen LogP contribution in [0.15, 0.2) is 24.3 Å². The lowest BCUT2D eigenvalue weighted by molar-refractivity contribution is -0.136. The average molecular weight is 356 g/mol. The van der Waals surface area contributed by atoms with Crippen molar-refractivity contribution in [2.45, 2.75) is 46.2 Å². The summed E-state index contributed by atoms with van der Waals surface area (Å²) in [6, 6.07) is 7.73. The zero-order valence-electron chi connectivity index (χ0n) is 15.2. The lowest BCUT2D eigenvalue weighted by Gasteiger charge is -2.22. The molecule has 1 aliphatic heterocycles. The molecule has 0 bridgehead atoms. The number of amides is 2. The van der Waals surface area contributed by atoms with Crippen LogP contribution in [0.2, 0.25) is 0 Å². The molecule has 0 spiro atoms. The number of hydrogen-bond donors (Lipinski definition) is 2.